The average Bonchev–Trinajstić information content (AvgIpc) is 3.39. The Labute approximate surface area is 184 Å². The zero-order valence-electron chi connectivity index (χ0n) is 19.1. The van der Waals surface area contributed by atoms with Crippen LogP contribution in [0.1, 0.15) is 43.7 Å². The summed E-state index contributed by atoms with van der Waals surface area (Å²) in [7, 11) is 5.08. The third-order valence-electron chi connectivity index (χ3n) is 7.43. The van der Waals surface area contributed by atoms with Gasteiger partial charge >= 0.3 is 5.97 Å². The number of rotatable bonds is 9. The number of hydrogen-bond donors (Lipinski definition) is 0. The topological polar surface area (TPSA) is 72.5 Å². The lowest BCUT2D eigenvalue weighted by Crippen LogP contribution is -2.43. The van der Waals surface area contributed by atoms with E-state index in [1.807, 2.05) is 6.92 Å². The predicted octanol–water partition coefficient (Wildman–Crippen LogP) is 3.33. The highest BCUT2D eigenvalue weighted by Gasteiger charge is 2.50. The van der Waals surface area contributed by atoms with Gasteiger partial charge in [0.1, 0.15) is 6.10 Å². The first-order valence-corrected chi connectivity index (χ1v) is 11.2. The maximum Gasteiger partial charge on any atom is 0.310 e. The van der Waals surface area contributed by atoms with Crippen molar-refractivity contribution in [2.45, 2.75) is 57.3 Å². The van der Waals surface area contributed by atoms with Gasteiger partial charge in [-0.2, -0.15) is 0 Å². The van der Waals surface area contributed by atoms with Crippen molar-refractivity contribution in [2.75, 3.05) is 34.7 Å². The van der Waals surface area contributed by atoms with E-state index in [1.165, 1.54) is 11.1 Å². The number of methoxy groups -OCH3 is 3. The van der Waals surface area contributed by atoms with E-state index in [1.54, 1.807) is 21.3 Å². The Hall–Kier alpha value is -1.83. The fourth-order valence-corrected chi connectivity index (χ4v) is 5.73. The highest BCUT2D eigenvalue weighted by Crippen LogP contribution is 2.52. The van der Waals surface area contributed by atoms with Crippen LogP contribution in [-0.2, 0) is 30.2 Å². The van der Waals surface area contributed by atoms with E-state index in [0.29, 0.717) is 6.61 Å². The Morgan fingerprint density at radius 1 is 1.06 bits per heavy atom. The molecule has 2 heterocycles. The minimum atomic E-state index is -0.199. The van der Waals surface area contributed by atoms with Gasteiger partial charge in [-0.25, -0.2) is 0 Å². The Kier molecular flexibility index (Phi) is 6.74. The lowest BCUT2D eigenvalue weighted by atomic mass is 9.63. The van der Waals surface area contributed by atoms with E-state index in [0.717, 1.165) is 30.8 Å². The van der Waals surface area contributed by atoms with Crippen molar-refractivity contribution in [1.82, 2.24) is 0 Å². The third kappa shape index (κ3) is 4.03. The molecule has 1 aromatic rings. The molecule has 0 amide bonds. The number of cyclic esters (lactones) is 1. The molecule has 0 radical (unpaired) electrons. The van der Waals surface area contributed by atoms with E-state index in [9.17, 15) is 4.79 Å². The van der Waals surface area contributed by atoms with Crippen LogP contribution in [0, 0.1) is 17.8 Å². The van der Waals surface area contributed by atoms with Gasteiger partial charge in [0.05, 0.1) is 24.7 Å². The van der Waals surface area contributed by atoms with Crippen LogP contribution < -0.4 is 9.47 Å². The highest BCUT2D eigenvalue weighted by atomic mass is 16.7. The van der Waals surface area contributed by atoms with Gasteiger partial charge in [-0.05, 0) is 48.9 Å². The molecule has 1 aliphatic carbocycles. The summed E-state index contributed by atoms with van der Waals surface area (Å²) in [6, 6.07) is 4.18. The Balaban J connectivity index is 1.70. The number of benzene rings is 1. The number of carbonyl (C=O) groups is 1. The Morgan fingerprint density at radius 2 is 1.81 bits per heavy atom. The summed E-state index contributed by atoms with van der Waals surface area (Å²) in [6.45, 7) is 4.89. The minimum absolute atomic E-state index is 0.0382. The van der Waals surface area contributed by atoms with Crippen LogP contribution in [-0.4, -0.2) is 59.0 Å². The highest BCUT2D eigenvalue weighted by molar-refractivity contribution is 5.77. The SMILES string of the molecule is CCC(CC(OC)C(OC)C(C)OC)C1c2cc3c(cc2CC2COC(=O)C21)OCO3. The first-order valence-electron chi connectivity index (χ1n) is 11.2. The lowest BCUT2D eigenvalue weighted by molar-refractivity contribution is -0.142. The molecule has 2 aliphatic heterocycles. The second-order valence-electron chi connectivity index (χ2n) is 8.87. The maximum absolute atomic E-state index is 12.8. The zero-order chi connectivity index (χ0) is 22.1. The van der Waals surface area contributed by atoms with Crippen LogP contribution in [0.4, 0.5) is 0 Å². The van der Waals surface area contributed by atoms with Crippen LogP contribution in [0.3, 0.4) is 0 Å². The molecule has 7 atom stereocenters. The summed E-state index contributed by atoms with van der Waals surface area (Å²) >= 11 is 0. The van der Waals surface area contributed by atoms with Gasteiger partial charge in [0.15, 0.2) is 11.5 Å². The molecule has 31 heavy (non-hydrogen) atoms. The summed E-state index contributed by atoms with van der Waals surface area (Å²) in [5, 5.41) is 0. The molecule has 172 valence electrons. The van der Waals surface area contributed by atoms with E-state index < -0.39 is 0 Å². The van der Waals surface area contributed by atoms with E-state index in [2.05, 4.69) is 19.1 Å². The number of carbonyl (C=O) groups excluding carboxylic acids is 1. The molecule has 7 nitrogen and oxygen atoms in total. The molecular formula is C24H34O7. The quantitative estimate of drug-likeness (QED) is 0.552. The molecule has 4 rings (SSSR count). The van der Waals surface area contributed by atoms with Gasteiger partial charge in [0.25, 0.3) is 0 Å². The molecule has 0 N–H and O–H groups in total. The zero-order valence-corrected chi connectivity index (χ0v) is 19.1. The lowest BCUT2D eigenvalue weighted by Gasteiger charge is -2.40. The molecule has 1 aromatic carbocycles. The van der Waals surface area contributed by atoms with Gasteiger partial charge in [0.2, 0.25) is 6.79 Å². The van der Waals surface area contributed by atoms with Crippen molar-refractivity contribution < 1.29 is 33.2 Å². The summed E-state index contributed by atoms with van der Waals surface area (Å²) in [5.41, 5.74) is 2.41. The molecule has 0 saturated carbocycles. The number of ether oxygens (including phenoxy) is 6. The summed E-state index contributed by atoms with van der Waals surface area (Å²) < 4.78 is 34.0. The Bertz CT molecular complexity index is 794. The number of hydrogen-bond acceptors (Lipinski definition) is 7. The van der Waals surface area contributed by atoms with E-state index >= 15 is 0 Å². The fourth-order valence-electron chi connectivity index (χ4n) is 5.73. The predicted molar refractivity (Wildman–Crippen MR) is 113 cm³/mol. The van der Waals surface area contributed by atoms with Gasteiger partial charge in [-0.1, -0.05) is 13.3 Å². The first kappa shape index (κ1) is 22.4. The maximum atomic E-state index is 12.8. The summed E-state index contributed by atoms with van der Waals surface area (Å²) in [6.07, 6.45) is 2.03. The normalized spacial score (nSPS) is 27.8. The largest absolute Gasteiger partial charge is 0.465 e. The van der Waals surface area contributed by atoms with Crippen LogP contribution in [0.25, 0.3) is 0 Å². The van der Waals surface area contributed by atoms with Gasteiger partial charge < -0.3 is 28.4 Å². The van der Waals surface area contributed by atoms with Gasteiger partial charge in [0, 0.05) is 33.2 Å². The minimum Gasteiger partial charge on any atom is -0.465 e. The van der Waals surface area contributed by atoms with Crippen molar-refractivity contribution in [3.63, 3.8) is 0 Å². The second-order valence-corrected chi connectivity index (χ2v) is 8.87. The monoisotopic (exact) mass is 434 g/mol. The molecule has 0 aromatic heterocycles. The van der Waals surface area contributed by atoms with Crippen LogP contribution in [0.5, 0.6) is 11.5 Å². The Morgan fingerprint density at radius 3 is 2.45 bits per heavy atom. The fraction of sp³-hybridized carbons (Fsp3) is 0.708. The molecule has 1 fully saturated rings. The number of fused-ring (bicyclic) bond motifs is 3. The molecule has 0 spiro atoms. The van der Waals surface area contributed by atoms with Crippen LogP contribution in [0.15, 0.2) is 12.1 Å². The molecule has 3 aliphatic rings. The summed E-state index contributed by atoms with van der Waals surface area (Å²) in [4.78, 5) is 12.8. The van der Waals surface area contributed by atoms with Crippen molar-refractivity contribution in [2.24, 2.45) is 17.8 Å². The molecule has 1 saturated heterocycles. The molecule has 0 bridgehead atoms. The van der Waals surface area contributed by atoms with Gasteiger partial charge in [-0.15, -0.1) is 0 Å². The van der Waals surface area contributed by atoms with Crippen molar-refractivity contribution >= 4 is 5.97 Å². The molecular weight excluding hydrogens is 400 g/mol. The van der Waals surface area contributed by atoms with Gasteiger partial charge in [-0.3, -0.25) is 4.79 Å². The molecule has 7 unspecified atom stereocenters. The smallest absolute Gasteiger partial charge is 0.310 e. The van der Waals surface area contributed by atoms with Crippen molar-refractivity contribution in [1.29, 1.82) is 0 Å². The third-order valence-corrected chi connectivity index (χ3v) is 7.43. The van der Waals surface area contributed by atoms with E-state index in [-0.39, 0.29) is 54.7 Å². The van der Waals surface area contributed by atoms with Crippen LogP contribution in [0.2, 0.25) is 0 Å². The number of esters is 1. The standard InChI is InChI=1S/C24H34O7/c1-6-14(8-20(27-4)23(28-5)13(2)26-3)21-17-10-19-18(30-12-31-19)9-15(17)7-16-11-29-24(25)22(16)21/h9-10,13-14,16,20-23H,6-8,11-12H2,1-5H3. The first-order chi connectivity index (χ1) is 15.0. The van der Waals surface area contributed by atoms with Crippen molar-refractivity contribution in [3.05, 3.63) is 23.3 Å². The average molecular weight is 435 g/mol. The summed E-state index contributed by atoms with van der Waals surface area (Å²) in [5.74, 6) is 1.76. The van der Waals surface area contributed by atoms with Crippen molar-refractivity contribution in [3.8, 4) is 11.5 Å². The second kappa shape index (κ2) is 9.35. The van der Waals surface area contributed by atoms with E-state index in [4.69, 9.17) is 28.4 Å². The molecule has 7 heteroatoms. The van der Waals surface area contributed by atoms with Crippen LogP contribution >= 0.6 is 0 Å².